The van der Waals surface area contributed by atoms with Gasteiger partial charge in [0, 0.05) is 41.7 Å². The summed E-state index contributed by atoms with van der Waals surface area (Å²) in [5, 5.41) is 6.79. The van der Waals surface area contributed by atoms with E-state index in [1.807, 2.05) is 46.0 Å². The number of hydrogen-bond donors (Lipinski definition) is 1. The van der Waals surface area contributed by atoms with Crippen molar-refractivity contribution in [1.82, 2.24) is 10.2 Å². The van der Waals surface area contributed by atoms with Gasteiger partial charge in [-0.15, -0.1) is 0 Å². The van der Waals surface area contributed by atoms with Crippen LogP contribution in [0.3, 0.4) is 0 Å². The van der Waals surface area contributed by atoms with E-state index < -0.39 is 0 Å². The molecule has 26 heavy (non-hydrogen) atoms. The van der Waals surface area contributed by atoms with Gasteiger partial charge in [-0.1, -0.05) is 18.2 Å². The van der Waals surface area contributed by atoms with E-state index in [1.54, 1.807) is 19.3 Å². The van der Waals surface area contributed by atoms with Crippen molar-refractivity contribution in [2.24, 2.45) is 0 Å². The van der Waals surface area contributed by atoms with Crippen molar-refractivity contribution < 1.29 is 14.3 Å². The smallest absolute Gasteiger partial charge is 0.252 e. The molecule has 1 aromatic heterocycles. The van der Waals surface area contributed by atoms with Gasteiger partial charge >= 0.3 is 0 Å². The average molecular weight is 370 g/mol. The van der Waals surface area contributed by atoms with Gasteiger partial charge in [-0.2, -0.15) is 11.3 Å². The van der Waals surface area contributed by atoms with Crippen molar-refractivity contribution in [1.29, 1.82) is 0 Å². The quantitative estimate of drug-likeness (QED) is 0.823. The number of amides is 2. The van der Waals surface area contributed by atoms with E-state index in [1.165, 1.54) is 11.3 Å². The number of rotatable bonds is 5. The van der Waals surface area contributed by atoms with Crippen molar-refractivity contribution >= 4 is 29.2 Å². The number of ether oxygens (including phenoxy) is 1. The van der Waals surface area contributed by atoms with Crippen molar-refractivity contribution in [2.45, 2.75) is 18.9 Å². The highest BCUT2D eigenvalue weighted by Crippen LogP contribution is 2.19. The summed E-state index contributed by atoms with van der Waals surface area (Å²) in [5.41, 5.74) is 1.58. The molecule has 2 aromatic rings. The molecule has 2 amide bonds. The highest BCUT2D eigenvalue weighted by atomic mass is 32.1. The largest absolute Gasteiger partial charge is 0.496 e. The van der Waals surface area contributed by atoms with E-state index in [0.717, 1.165) is 24.2 Å². The monoisotopic (exact) mass is 370 g/mol. The summed E-state index contributed by atoms with van der Waals surface area (Å²) in [6.07, 6.45) is 4.90. The Bertz CT molecular complexity index is 778. The van der Waals surface area contributed by atoms with Crippen LogP contribution in [0, 0.1) is 0 Å². The molecular formula is C20H22N2O3S. The summed E-state index contributed by atoms with van der Waals surface area (Å²) in [5.74, 6) is 0.692. The van der Waals surface area contributed by atoms with Crippen LogP contribution < -0.4 is 10.1 Å². The van der Waals surface area contributed by atoms with Gasteiger partial charge in [-0.3, -0.25) is 9.59 Å². The van der Waals surface area contributed by atoms with Gasteiger partial charge in [0.05, 0.1) is 7.11 Å². The fourth-order valence-electron chi connectivity index (χ4n) is 2.98. The maximum atomic E-state index is 12.4. The van der Waals surface area contributed by atoms with E-state index in [0.29, 0.717) is 18.7 Å². The molecule has 5 nitrogen and oxygen atoms in total. The van der Waals surface area contributed by atoms with Crippen LogP contribution in [0.15, 0.2) is 47.2 Å². The van der Waals surface area contributed by atoms with E-state index in [2.05, 4.69) is 5.32 Å². The first-order valence-electron chi connectivity index (χ1n) is 8.60. The van der Waals surface area contributed by atoms with Gasteiger partial charge in [-0.25, -0.2) is 0 Å². The van der Waals surface area contributed by atoms with Gasteiger partial charge in [0.15, 0.2) is 0 Å². The number of likely N-dealkylation sites (tertiary alicyclic amines) is 1. The van der Waals surface area contributed by atoms with Crippen LogP contribution in [-0.2, 0) is 4.79 Å². The molecule has 0 saturated carbocycles. The Hall–Kier alpha value is -2.60. The second-order valence-electron chi connectivity index (χ2n) is 6.16. The normalized spacial score (nSPS) is 15.2. The van der Waals surface area contributed by atoms with E-state index in [9.17, 15) is 9.59 Å². The highest BCUT2D eigenvalue weighted by Gasteiger charge is 2.23. The Labute approximate surface area is 157 Å². The Morgan fingerprint density at radius 2 is 2.00 bits per heavy atom. The molecule has 1 aliphatic rings. The van der Waals surface area contributed by atoms with Crippen molar-refractivity contribution in [3.05, 3.63) is 58.3 Å². The summed E-state index contributed by atoms with van der Waals surface area (Å²) in [4.78, 5) is 26.3. The molecule has 2 heterocycles. The third-order valence-electron chi connectivity index (χ3n) is 4.47. The lowest BCUT2D eigenvalue weighted by atomic mass is 10.0. The number of hydrogen-bond acceptors (Lipinski definition) is 4. The molecule has 0 aliphatic carbocycles. The SMILES string of the molecule is COc1ccccc1C=CC(=O)N1CCC(NC(=O)c2ccsc2)CC1. The van der Waals surface area contributed by atoms with E-state index in [4.69, 9.17) is 4.74 Å². The number of nitrogens with zero attached hydrogens (tertiary/aromatic N) is 1. The molecule has 6 heteroatoms. The summed E-state index contributed by atoms with van der Waals surface area (Å²) < 4.78 is 5.29. The second kappa shape index (κ2) is 8.67. The lowest BCUT2D eigenvalue weighted by Crippen LogP contribution is -2.46. The molecule has 1 aliphatic heterocycles. The van der Waals surface area contributed by atoms with Crippen molar-refractivity contribution in [3.8, 4) is 5.75 Å². The standard InChI is InChI=1S/C20H22N2O3S/c1-25-18-5-3-2-4-15(18)6-7-19(23)22-11-8-17(9-12-22)21-20(24)16-10-13-26-14-16/h2-7,10,13-14,17H,8-9,11-12H2,1H3,(H,21,24). The molecule has 0 atom stereocenters. The summed E-state index contributed by atoms with van der Waals surface area (Å²) in [6, 6.07) is 9.52. The van der Waals surface area contributed by atoms with Crippen LogP contribution in [0.25, 0.3) is 6.08 Å². The Balaban J connectivity index is 1.50. The van der Waals surface area contributed by atoms with Crippen LogP contribution in [-0.4, -0.2) is 43.0 Å². The van der Waals surface area contributed by atoms with Crippen LogP contribution in [0.4, 0.5) is 0 Å². The average Bonchev–Trinajstić information content (AvgIpc) is 3.22. The maximum Gasteiger partial charge on any atom is 0.252 e. The van der Waals surface area contributed by atoms with Gasteiger partial charge in [0.25, 0.3) is 5.91 Å². The minimum atomic E-state index is -0.0351. The third-order valence-corrected chi connectivity index (χ3v) is 5.15. The van der Waals surface area contributed by atoms with Crippen LogP contribution in [0.2, 0.25) is 0 Å². The van der Waals surface area contributed by atoms with Crippen LogP contribution in [0.1, 0.15) is 28.8 Å². The fraction of sp³-hybridized carbons (Fsp3) is 0.300. The van der Waals surface area contributed by atoms with Gasteiger partial charge in [-0.05, 0) is 36.4 Å². The Morgan fingerprint density at radius 1 is 1.23 bits per heavy atom. The number of carbonyl (C=O) groups excluding carboxylic acids is 2. The zero-order valence-corrected chi connectivity index (χ0v) is 15.5. The van der Waals surface area contributed by atoms with Crippen molar-refractivity contribution in [2.75, 3.05) is 20.2 Å². The number of piperidine rings is 1. The predicted octanol–water partition coefficient (Wildman–Crippen LogP) is 3.19. The molecule has 1 fully saturated rings. The molecule has 1 aromatic carbocycles. The fourth-order valence-corrected chi connectivity index (χ4v) is 3.61. The Morgan fingerprint density at radius 3 is 2.69 bits per heavy atom. The van der Waals surface area contributed by atoms with Gasteiger partial charge in [0.1, 0.15) is 5.75 Å². The lowest BCUT2D eigenvalue weighted by Gasteiger charge is -2.31. The number of methoxy groups -OCH3 is 1. The van der Waals surface area contributed by atoms with Crippen LogP contribution in [0.5, 0.6) is 5.75 Å². The molecule has 0 radical (unpaired) electrons. The number of para-hydroxylation sites is 1. The molecule has 1 saturated heterocycles. The summed E-state index contributed by atoms with van der Waals surface area (Å²) in [6.45, 7) is 1.29. The first-order chi connectivity index (χ1) is 12.7. The molecule has 0 spiro atoms. The van der Waals surface area contributed by atoms with Gasteiger partial charge in [0.2, 0.25) is 5.91 Å². The molecular weight excluding hydrogens is 348 g/mol. The minimum Gasteiger partial charge on any atom is -0.496 e. The Kier molecular flexibility index (Phi) is 6.07. The summed E-state index contributed by atoms with van der Waals surface area (Å²) in [7, 11) is 1.61. The third kappa shape index (κ3) is 4.52. The topological polar surface area (TPSA) is 58.6 Å². The van der Waals surface area contributed by atoms with E-state index in [-0.39, 0.29) is 17.9 Å². The predicted molar refractivity (Wildman–Crippen MR) is 103 cm³/mol. The number of thiophene rings is 1. The number of nitrogens with one attached hydrogen (secondary N) is 1. The first kappa shape index (κ1) is 18.2. The van der Waals surface area contributed by atoms with E-state index >= 15 is 0 Å². The number of carbonyl (C=O) groups is 2. The minimum absolute atomic E-state index is 0.0153. The molecule has 0 bridgehead atoms. The zero-order valence-electron chi connectivity index (χ0n) is 14.7. The summed E-state index contributed by atoms with van der Waals surface area (Å²) >= 11 is 1.51. The molecule has 136 valence electrons. The maximum absolute atomic E-state index is 12.4. The lowest BCUT2D eigenvalue weighted by molar-refractivity contribution is -0.126. The molecule has 1 N–H and O–H groups in total. The van der Waals surface area contributed by atoms with Crippen molar-refractivity contribution in [3.63, 3.8) is 0 Å². The number of benzene rings is 1. The van der Waals surface area contributed by atoms with Crippen LogP contribution >= 0.6 is 11.3 Å². The molecule has 3 rings (SSSR count). The van der Waals surface area contributed by atoms with Gasteiger partial charge < -0.3 is 15.0 Å². The highest BCUT2D eigenvalue weighted by molar-refractivity contribution is 7.08. The molecule has 0 unspecified atom stereocenters. The second-order valence-corrected chi connectivity index (χ2v) is 6.94. The zero-order chi connectivity index (χ0) is 18.4. The first-order valence-corrected chi connectivity index (χ1v) is 9.54.